The number of aromatic nitrogens is 2. The van der Waals surface area contributed by atoms with E-state index in [-0.39, 0.29) is 17.3 Å². The molecule has 1 fully saturated rings. The summed E-state index contributed by atoms with van der Waals surface area (Å²) < 4.78 is 11.1. The van der Waals surface area contributed by atoms with Crippen molar-refractivity contribution in [3.05, 3.63) is 46.9 Å². The number of hydrogen-bond acceptors (Lipinski definition) is 8. The third-order valence-electron chi connectivity index (χ3n) is 4.28. The average molecular weight is 381 g/mol. The summed E-state index contributed by atoms with van der Waals surface area (Å²) in [7, 11) is 0. The van der Waals surface area contributed by atoms with Crippen LogP contribution in [0.25, 0.3) is 11.7 Å². The van der Waals surface area contributed by atoms with Gasteiger partial charge >= 0.3 is 0 Å². The number of hydrogen-bond donors (Lipinski definition) is 0. The highest BCUT2D eigenvalue weighted by molar-refractivity contribution is 6.31. The molecule has 0 radical (unpaired) electrons. The standard InChI is InChI=1S/C18H13ClN6O2/c19-12-3-4-16(22-13(12)10-20)24-5-7-25(8-6-24)18-14(11-21)23-17(27-18)15-2-1-9-26-15/h1-4,9H,5-8H2. The second kappa shape index (κ2) is 7.02. The van der Waals surface area contributed by atoms with E-state index in [1.54, 1.807) is 24.3 Å². The molecule has 0 spiro atoms. The second-order valence-electron chi connectivity index (χ2n) is 5.85. The van der Waals surface area contributed by atoms with E-state index >= 15 is 0 Å². The van der Waals surface area contributed by atoms with Crippen molar-refractivity contribution in [2.75, 3.05) is 36.0 Å². The van der Waals surface area contributed by atoms with Gasteiger partial charge in [0.25, 0.3) is 5.89 Å². The molecule has 0 unspecified atom stereocenters. The molecule has 4 heterocycles. The van der Waals surface area contributed by atoms with Crippen molar-refractivity contribution in [3.8, 4) is 23.8 Å². The van der Waals surface area contributed by atoms with Crippen LogP contribution in [0, 0.1) is 22.7 Å². The third-order valence-corrected chi connectivity index (χ3v) is 4.58. The number of oxazole rings is 1. The fourth-order valence-electron chi connectivity index (χ4n) is 2.93. The lowest BCUT2D eigenvalue weighted by Crippen LogP contribution is -2.47. The first kappa shape index (κ1) is 17.0. The second-order valence-corrected chi connectivity index (χ2v) is 6.25. The van der Waals surface area contributed by atoms with Gasteiger partial charge in [-0.15, -0.1) is 0 Å². The highest BCUT2D eigenvalue weighted by Gasteiger charge is 2.26. The molecule has 4 rings (SSSR count). The van der Waals surface area contributed by atoms with Crippen molar-refractivity contribution in [2.24, 2.45) is 0 Å². The lowest BCUT2D eigenvalue weighted by molar-refractivity contribution is 0.500. The van der Waals surface area contributed by atoms with Gasteiger partial charge in [-0.3, -0.25) is 0 Å². The maximum Gasteiger partial charge on any atom is 0.266 e. The summed E-state index contributed by atoms with van der Waals surface area (Å²) in [5.41, 5.74) is 0.438. The highest BCUT2D eigenvalue weighted by Crippen LogP contribution is 2.29. The Bertz CT molecular complexity index is 1040. The maximum atomic E-state index is 9.38. The van der Waals surface area contributed by atoms with Gasteiger partial charge in [0.15, 0.2) is 11.5 Å². The van der Waals surface area contributed by atoms with Gasteiger partial charge in [-0.25, -0.2) is 4.98 Å². The fourth-order valence-corrected chi connectivity index (χ4v) is 3.08. The van der Waals surface area contributed by atoms with E-state index in [0.717, 1.165) is 0 Å². The van der Waals surface area contributed by atoms with Crippen LogP contribution < -0.4 is 9.80 Å². The lowest BCUT2D eigenvalue weighted by Gasteiger charge is -2.35. The minimum Gasteiger partial charge on any atom is -0.459 e. The highest BCUT2D eigenvalue weighted by atomic mass is 35.5. The van der Waals surface area contributed by atoms with Crippen molar-refractivity contribution < 1.29 is 8.83 Å². The molecule has 0 aromatic carbocycles. The van der Waals surface area contributed by atoms with Gasteiger partial charge < -0.3 is 18.6 Å². The Hall–Kier alpha value is -3.49. The molecular formula is C18H13ClN6O2. The molecule has 1 aliphatic heterocycles. The molecule has 0 saturated carbocycles. The van der Waals surface area contributed by atoms with Crippen molar-refractivity contribution >= 4 is 23.3 Å². The van der Waals surface area contributed by atoms with E-state index in [1.165, 1.54) is 6.26 Å². The first-order valence-corrected chi connectivity index (χ1v) is 8.58. The number of anilines is 2. The topological polar surface area (TPSA) is 106 Å². The summed E-state index contributed by atoms with van der Waals surface area (Å²) in [6.45, 7) is 2.55. The largest absolute Gasteiger partial charge is 0.459 e. The quantitative estimate of drug-likeness (QED) is 0.682. The van der Waals surface area contributed by atoms with E-state index in [2.05, 4.69) is 20.9 Å². The van der Waals surface area contributed by atoms with E-state index < -0.39 is 0 Å². The van der Waals surface area contributed by atoms with E-state index in [0.29, 0.717) is 48.7 Å². The fraction of sp³-hybridized carbons (Fsp3) is 0.222. The van der Waals surface area contributed by atoms with Crippen LogP contribution in [-0.2, 0) is 0 Å². The zero-order chi connectivity index (χ0) is 18.8. The Labute approximate surface area is 159 Å². The molecule has 1 saturated heterocycles. The van der Waals surface area contributed by atoms with Crippen LogP contribution in [0.15, 0.2) is 39.4 Å². The number of nitriles is 2. The summed E-state index contributed by atoms with van der Waals surface area (Å²) in [4.78, 5) is 12.5. The van der Waals surface area contributed by atoms with Crippen LogP contribution in [0.3, 0.4) is 0 Å². The number of halogens is 1. The normalized spacial score (nSPS) is 14.0. The lowest BCUT2D eigenvalue weighted by atomic mass is 10.3. The molecule has 0 aliphatic carbocycles. The van der Waals surface area contributed by atoms with Gasteiger partial charge in [-0.1, -0.05) is 11.6 Å². The Balaban J connectivity index is 1.52. The summed E-state index contributed by atoms with van der Waals surface area (Å²) in [6.07, 6.45) is 1.53. The van der Waals surface area contributed by atoms with Crippen LogP contribution in [0.4, 0.5) is 11.7 Å². The van der Waals surface area contributed by atoms with Crippen molar-refractivity contribution in [1.29, 1.82) is 10.5 Å². The van der Waals surface area contributed by atoms with Crippen molar-refractivity contribution in [2.45, 2.75) is 0 Å². The number of piperazine rings is 1. The predicted octanol–water partition coefficient (Wildman–Crippen LogP) is 3.05. The summed E-state index contributed by atoms with van der Waals surface area (Å²) in [6, 6.07) is 11.0. The van der Waals surface area contributed by atoms with Crippen LogP contribution in [0.2, 0.25) is 5.02 Å². The molecule has 0 atom stereocenters. The van der Waals surface area contributed by atoms with E-state index in [4.69, 9.17) is 25.7 Å². The number of pyridine rings is 1. The van der Waals surface area contributed by atoms with Crippen LogP contribution in [0.5, 0.6) is 0 Å². The smallest absolute Gasteiger partial charge is 0.266 e. The Morgan fingerprint density at radius 2 is 1.70 bits per heavy atom. The van der Waals surface area contributed by atoms with Gasteiger partial charge in [0.1, 0.15) is 18.0 Å². The summed E-state index contributed by atoms with van der Waals surface area (Å²) in [5, 5.41) is 18.8. The SMILES string of the molecule is N#Cc1nc(N2CCN(c3oc(-c4ccco4)nc3C#N)CC2)ccc1Cl. The number of nitrogens with zero attached hydrogens (tertiary/aromatic N) is 6. The number of furan rings is 1. The molecule has 3 aromatic heterocycles. The zero-order valence-electron chi connectivity index (χ0n) is 14.1. The molecule has 134 valence electrons. The van der Waals surface area contributed by atoms with E-state index in [1.807, 2.05) is 11.0 Å². The monoisotopic (exact) mass is 380 g/mol. The summed E-state index contributed by atoms with van der Waals surface area (Å²) >= 11 is 5.95. The molecule has 0 bridgehead atoms. The molecule has 9 heteroatoms. The minimum absolute atomic E-state index is 0.210. The Kier molecular flexibility index (Phi) is 4.41. The van der Waals surface area contributed by atoms with Crippen LogP contribution in [0.1, 0.15) is 11.4 Å². The van der Waals surface area contributed by atoms with Gasteiger partial charge in [-0.2, -0.15) is 15.5 Å². The first-order chi connectivity index (χ1) is 13.2. The van der Waals surface area contributed by atoms with Crippen LogP contribution >= 0.6 is 11.6 Å². The van der Waals surface area contributed by atoms with Gasteiger partial charge in [0.2, 0.25) is 11.6 Å². The number of rotatable bonds is 3. The first-order valence-electron chi connectivity index (χ1n) is 8.21. The molecule has 8 nitrogen and oxygen atoms in total. The molecule has 1 aliphatic rings. The van der Waals surface area contributed by atoms with Crippen LogP contribution in [-0.4, -0.2) is 36.1 Å². The maximum absolute atomic E-state index is 9.38. The van der Waals surface area contributed by atoms with Crippen molar-refractivity contribution in [1.82, 2.24) is 9.97 Å². The Morgan fingerprint density at radius 1 is 0.963 bits per heavy atom. The molecule has 27 heavy (non-hydrogen) atoms. The molecule has 3 aromatic rings. The Morgan fingerprint density at radius 3 is 2.37 bits per heavy atom. The van der Waals surface area contributed by atoms with Gasteiger partial charge in [0, 0.05) is 26.2 Å². The molecular weight excluding hydrogens is 368 g/mol. The van der Waals surface area contributed by atoms with Crippen molar-refractivity contribution in [3.63, 3.8) is 0 Å². The van der Waals surface area contributed by atoms with Gasteiger partial charge in [0.05, 0.1) is 11.3 Å². The molecule has 0 N–H and O–H groups in total. The minimum atomic E-state index is 0.210. The molecule has 0 amide bonds. The summed E-state index contributed by atoms with van der Waals surface area (Å²) in [5.74, 6) is 1.90. The predicted molar refractivity (Wildman–Crippen MR) is 97.3 cm³/mol. The average Bonchev–Trinajstić information content (AvgIpc) is 3.38. The van der Waals surface area contributed by atoms with E-state index in [9.17, 15) is 5.26 Å². The third kappa shape index (κ3) is 3.19. The van der Waals surface area contributed by atoms with Gasteiger partial charge in [-0.05, 0) is 24.3 Å². The zero-order valence-corrected chi connectivity index (χ0v) is 14.8.